The van der Waals surface area contributed by atoms with Gasteiger partial charge in [-0.3, -0.25) is 4.79 Å². The van der Waals surface area contributed by atoms with E-state index in [1.54, 1.807) is 6.07 Å². The van der Waals surface area contributed by atoms with E-state index in [0.717, 1.165) is 88.4 Å². The van der Waals surface area contributed by atoms with E-state index in [4.69, 9.17) is 14.2 Å². The molecule has 3 aliphatic heterocycles. The second-order valence-electron chi connectivity index (χ2n) is 10.4. The summed E-state index contributed by atoms with van der Waals surface area (Å²) < 4.78 is 17.8. The Labute approximate surface area is 232 Å². The molecule has 2 aromatic heterocycles. The van der Waals surface area contributed by atoms with E-state index in [-0.39, 0.29) is 5.56 Å². The molecule has 204 valence electrons. The molecule has 2 aromatic carbocycles. The van der Waals surface area contributed by atoms with Gasteiger partial charge in [-0.2, -0.15) is 0 Å². The van der Waals surface area contributed by atoms with Gasteiger partial charge >= 0.3 is 0 Å². The summed E-state index contributed by atoms with van der Waals surface area (Å²) in [4.78, 5) is 24.5. The molecule has 1 fully saturated rings. The first-order chi connectivity index (χ1) is 19.6. The number of para-hydroxylation sites is 1. The average Bonchev–Trinajstić information content (AvgIpc) is 2.99. The van der Waals surface area contributed by atoms with Crippen molar-refractivity contribution in [3.05, 3.63) is 87.8 Å². The van der Waals surface area contributed by atoms with E-state index in [1.807, 2.05) is 43.6 Å². The molecular formula is C31H31N5O4. The van der Waals surface area contributed by atoms with E-state index < -0.39 is 0 Å². The molecule has 5 heterocycles. The third kappa shape index (κ3) is 4.73. The van der Waals surface area contributed by atoms with Crippen molar-refractivity contribution >= 4 is 17.2 Å². The Kier molecular flexibility index (Phi) is 6.28. The van der Waals surface area contributed by atoms with E-state index in [1.165, 1.54) is 0 Å². The maximum absolute atomic E-state index is 12.6. The molecule has 0 bridgehead atoms. The summed E-state index contributed by atoms with van der Waals surface area (Å²) in [5.41, 5.74) is 6.67. The highest BCUT2D eigenvalue weighted by Crippen LogP contribution is 2.43. The van der Waals surface area contributed by atoms with Crippen LogP contribution in [0, 0.1) is 0 Å². The van der Waals surface area contributed by atoms with Gasteiger partial charge in [0.25, 0.3) is 0 Å². The normalized spacial score (nSPS) is 15.8. The molecule has 9 nitrogen and oxygen atoms in total. The fourth-order valence-corrected chi connectivity index (χ4v) is 5.55. The van der Waals surface area contributed by atoms with Gasteiger partial charge in [0.15, 0.2) is 11.6 Å². The number of rotatable bonds is 5. The van der Waals surface area contributed by atoms with Crippen LogP contribution in [0.5, 0.6) is 17.2 Å². The van der Waals surface area contributed by atoms with Crippen molar-refractivity contribution in [1.82, 2.24) is 9.97 Å². The standard InChI is InChI=1S/C31H31N5O4/c1-35-7-12-39-28-13-20(19-33-31(28)35)18-32-23-5-6-27-22(15-23)14-21-3-2-4-25(30(21)40-27)26-16-24(17-29(37)34-26)36-8-10-38-11-9-36/h2-6,13,15-17,19,32H,7-12,14,18H2,1H3,(H,34,37). The zero-order valence-electron chi connectivity index (χ0n) is 22.4. The molecule has 1 saturated heterocycles. The Bertz CT molecular complexity index is 1630. The van der Waals surface area contributed by atoms with Crippen LogP contribution in [0.4, 0.5) is 17.2 Å². The Morgan fingerprint density at radius 2 is 1.88 bits per heavy atom. The number of morpholine rings is 1. The molecule has 9 heteroatoms. The first kappa shape index (κ1) is 24.5. The van der Waals surface area contributed by atoms with Crippen LogP contribution in [-0.2, 0) is 17.7 Å². The zero-order valence-corrected chi connectivity index (χ0v) is 22.4. The van der Waals surface area contributed by atoms with Crippen LogP contribution in [-0.4, -0.2) is 56.5 Å². The van der Waals surface area contributed by atoms with Crippen LogP contribution in [0.1, 0.15) is 16.7 Å². The summed E-state index contributed by atoms with van der Waals surface area (Å²) >= 11 is 0. The van der Waals surface area contributed by atoms with Crippen LogP contribution in [0.2, 0.25) is 0 Å². The van der Waals surface area contributed by atoms with Gasteiger partial charge in [-0.05, 0) is 47.5 Å². The van der Waals surface area contributed by atoms with Gasteiger partial charge in [0.2, 0.25) is 5.56 Å². The Morgan fingerprint density at radius 1 is 0.975 bits per heavy atom. The van der Waals surface area contributed by atoms with Crippen LogP contribution in [0.25, 0.3) is 11.3 Å². The molecule has 0 spiro atoms. The molecule has 0 unspecified atom stereocenters. The Hall–Kier alpha value is -4.50. The van der Waals surface area contributed by atoms with E-state index in [9.17, 15) is 4.79 Å². The summed E-state index contributed by atoms with van der Waals surface area (Å²) in [6, 6.07) is 18.0. The molecule has 3 aliphatic rings. The van der Waals surface area contributed by atoms with E-state index in [0.29, 0.717) is 26.4 Å². The highest BCUT2D eigenvalue weighted by atomic mass is 16.5. The van der Waals surface area contributed by atoms with Crippen molar-refractivity contribution in [2.45, 2.75) is 13.0 Å². The van der Waals surface area contributed by atoms with Crippen molar-refractivity contribution in [2.24, 2.45) is 0 Å². The third-order valence-electron chi connectivity index (χ3n) is 7.68. The summed E-state index contributed by atoms with van der Waals surface area (Å²) in [7, 11) is 2.03. The number of ether oxygens (including phenoxy) is 3. The molecule has 0 atom stereocenters. The Balaban J connectivity index is 1.11. The van der Waals surface area contributed by atoms with E-state index in [2.05, 4.69) is 43.3 Å². The first-order valence-electron chi connectivity index (χ1n) is 13.7. The van der Waals surface area contributed by atoms with Gasteiger partial charge in [0.05, 0.1) is 25.5 Å². The monoisotopic (exact) mass is 537 g/mol. The number of fused-ring (bicyclic) bond motifs is 3. The minimum absolute atomic E-state index is 0.128. The highest BCUT2D eigenvalue weighted by molar-refractivity contribution is 5.74. The van der Waals surface area contributed by atoms with Gasteiger partial charge < -0.3 is 34.3 Å². The van der Waals surface area contributed by atoms with Crippen molar-refractivity contribution in [2.75, 3.05) is 61.6 Å². The fraction of sp³-hybridized carbons (Fsp3) is 0.290. The summed E-state index contributed by atoms with van der Waals surface area (Å²) in [5.74, 6) is 3.33. The molecule has 40 heavy (non-hydrogen) atoms. The second-order valence-corrected chi connectivity index (χ2v) is 10.4. The number of benzene rings is 2. The number of likely N-dealkylation sites (N-methyl/N-ethyl adjacent to an activating group) is 1. The number of nitrogens with zero attached hydrogens (tertiary/aromatic N) is 3. The number of hydrogen-bond acceptors (Lipinski definition) is 8. The molecule has 4 aromatic rings. The molecular weight excluding hydrogens is 506 g/mol. The lowest BCUT2D eigenvalue weighted by molar-refractivity contribution is 0.122. The smallest absolute Gasteiger partial charge is 0.250 e. The zero-order chi connectivity index (χ0) is 27.1. The van der Waals surface area contributed by atoms with Gasteiger partial charge in [-0.15, -0.1) is 0 Å². The van der Waals surface area contributed by atoms with Crippen molar-refractivity contribution in [3.63, 3.8) is 0 Å². The maximum atomic E-state index is 12.6. The van der Waals surface area contributed by atoms with Crippen molar-refractivity contribution in [1.29, 1.82) is 0 Å². The van der Waals surface area contributed by atoms with Crippen LogP contribution >= 0.6 is 0 Å². The molecule has 0 aliphatic carbocycles. The number of hydrogen-bond donors (Lipinski definition) is 2. The number of aromatic nitrogens is 2. The topological polar surface area (TPSA) is 92.0 Å². The van der Waals surface area contributed by atoms with Crippen molar-refractivity contribution in [3.8, 4) is 28.5 Å². The third-order valence-corrected chi connectivity index (χ3v) is 7.68. The quantitative estimate of drug-likeness (QED) is 0.341. The largest absolute Gasteiger partial charge is 0.488 e. The number of pyridine rings is 2. The number of nitrogens with one attached hydrogen (secondary N) is 2. The van der Waals surface area contributed by atoms with Crippen LogP contribution in [0.15, 0.2) is 65.6 Å². The van der Waals surface area contributed by atoms with Crippen LogP contribution in [0.3, 0.4) is 0 Å². The van der Waals surface area contributed by atoms with Crippen LogP contribution < -0.4 is 30.1 Å². The lowest BCUT2D eigenvalue weighted by Crippen LogP contribution is -2.36. The summed E-state index contributed by atoms with van der Waals surface area (Å²) in [5, 5.41) is 3.52. The van der Waals surface area contributed by atoms with Gasteiger partial charge in [0, 0.05) is 67.9 Å². The van der Waals surface area contributed by atoms with Gasteiger partial charge in [-0.25, -0.2) is 4.98 Å². The predicted molar refractivity (Wildman–Crippen MR) is 155 cm³/mol. The minimum Gasteiger partial charge on any atom is -0.488 e. The first-order valence-corrected chi connectivity index (χ1v) is 13.7. The summed E-state index contributed by atoms with van der Waals surface area (Å²) in [6.07, 6.45) is 2.64. The van der Waals surface area contributed by atoms with Gasteiger partial charge in [-0.1, -0.05) is 12.1 Å². The number of aromatic amines is 1. The highest BCUT2D eigenvalue weighted by Gasteiger charge is 2.23. The minimum atomic E-state index is -0.128. The molecule has 0 saturated carbocycles. The van der Waals surface area contributed by atoms with Crippen molar-refractivity contribution < 1.29 is 14.2 Å². The molecule has 0 amide bonds. The average molecular weight is 538 g/mol. The molecule has 2 N–H and O–H groups in total. The van der Waals surface area contributed by atoms with Gasteiger partial charge in [0.1, 0.15) is 18.1 Å². The summed E-state index contributed by atoms with van der Waals surface area (Å²) in [6.45, 7) is 5.02. The lowest BCUT2D eigenvalue weighted by atomic mass is 9.96. The lowest BCUT2D eigenvalue weighted by Gasteiger charge is -2.29. The van der Waals surface area contributed by atoms with E-state index >= 15 is 0 Å². The number of H-pyrrole nitrogens is 1. The predicted octanol–water partition coefficient (Wildman–Crippen LogP) is 4.41. The Morgan fingerprint density at radius 3 is 2.77 bits per heavy atom. The maximum Gasteiger partial charge on any atom is 0.250 e. The number of anilines is 3. The molecule has 0 radical (unpaired) electrons. The fourth-order valence-electron chi connectivity index (χ4n) is 5.55. The SMILES string of the molecule is CN1CCOc2cc(CNc3ccc4c(c3)Cc3cccc(-c5cc(N6CCOCC6)cc(=O)[nH]5)c3O4)cnc21. The second kappa shape index (κ2) is 10.2. The molecule has 7 rings (SSSR count).